The van der Waals surface area contributed by atoms with E-state index >= 15 is 0 Å². The molecule has 0 bridgehead atoms. The zero-order chi connectivity index (χ0) is 13.8. The molecule has 19 heavy (non-hydrogen) atoms. The van der Waals surface area contributed by atoms with Crippen LogP contribution in [0.25, 0.3) is 0 Å². The van der Waals surface area contributed by atoms with Crippen molar-refractivity contribution in [2.75, 3.05) is 10.7 Å². The average Bonchev–Trinajstić information content (AvgIpc) is 2.38. The van der Waals surface area contributed by atoms with E-state index in [1.54, 1.807) is 12.1 Å². The molecule has 0 aromatic heterocycles. The van der Waals surface area contributed by atoms with Crippen molar-refractivity contribution in [3.63, 3.8) is 0 Å². The summed E-state index contributed by atoms with van der Waals surface area (Å²) in [7, 11) is 0. The highest BCUT2D eigenvalue weighted by Crippen LogP contribution is 2.19. The summed E-state index contributed by atoms with van der Waals surface area (Å²) < 4.78 is 1.07. The normalized spacial score (nSPS) is 10.1. The van der Waals surface area contributed by atoms with E-state index in [0.717, 1.165) is 14.8 Å². The van der Waals surface area contributed by atoms with Crippen LogP contribution in [0, 0.1) is 10.5 Å². The Balaban J connectivity index is 2.27. The van der Waals surface area contributed by atoms with Crippen LogP contribution < -0.4 is 16.6 Å². The molecular formula is C14H14IN3O. The van der Waals surface area contributed by atoms with Gasteiger partial charge in [0.15, 0.2) is 0 Å². The summed E-state index contributed by atoms with van der Waals surface area (Å²) in [5.41, 5.74) is 5.44. The number of nitrogen functional groups attached to an aromatic ring is 1. The van der Waals surface area contributed by atoms with Crippen molar-refractivity contribution in [3.8, 4) is 0 Å². The van der Waals surface area contributed by atoms with E-state index in [-0.39, 0.29) is 5.91 Å². The van der Waals surface area contributed by atoms with Gasteiger partial charge < -0.3 is 10.7 Å². The predicted molar refractivity (Wildman–Crippen MR) is 86.1 cm³/mol. The average molecular weight is 367 g/mol. The smallest absolute Gasteiger partial charge is 0.257 e. The molecule has 0 atom stereocenters. The molecule has 0 aliphatic rings. The van der Waals surface area contributed by atoms with E-state index in [1.165, 1.54) is 0 Å². The van der Waals surface area contributed by atoms with Crippen LogP contribution in [0.5, 0.6) is 0 Å². The van der Waals surface area contributed by atoms with E-state index in [0.29, 0.717) is 11.3 Å². The standard InChI is InChI=1S/C14H14IN3O/c1-9-5-6-13(18-16)12(7-9)14(19)17-11-4-2-3-10(15)8-11/h2-8,18H,16H2,1H3,(H,17,19). The number of carbonyl (C=O) groups is 1. The largest absolute Gasteiger partial charge is 0.323 e. The summed E-state index contributed by atoms with van der Waals surface area (Å²) in [6.45, 7) is 1.93. The maximum Gasteiger partial charge on any atom is 0.257 e. The van der Waals surface area contributed by atoms with E-state index < -0.39 is 0 Å². The van der Waals surface area contributed by atoms with Gasteiger partial charge in [-0.3, -0.25) is 10.6 Å². The summed E-state index contributed by atoms with van der Waals surface area (Å²) in [6.07, 6.45) is 0. The fraction of sp³-hybridized carbons (Fsp3) is 0.0714. The molecule has 1 amide bonds. The molecule has 5 heteroatoms. The number of halogens is 1. The van der Waals surface area contributed by atoms with Gasteiger partial charge in [0.2, 0.25) is 0 Å². The third-order valence-corrected chi connectivity index (χ3v) is 3.33. The van der Waals surface area contributed by atoms with Gasteiger partial charge in [-0.25, -0.2) is 0 Å². The minimum absolute atomic E-state index is 0.182. The second-order valence-corrected chi connectivity index (χ2v) is 5.40. The number of hydrogen-bond acceptors (Lipinski definition) is 3. The molecule has 0 radical (unpaired) electrons. The van der Waals surface area contributed by atoms with Crippen molar-refractivity contribution in [2.24, 2.45) is 5.84 Å². The maximum absolute atomic E-state index is 12.2. The predicted octanol–water partition coefficient (Wildman–Crippen LogP) is 3.14. The number of hydrogen-bond donors (Lipinski definition) is 3. The fourth-order valence-electron chi connectivity index (χ4n) is 1.74. The molecule has 2 aromatic carbocycles. The van der Waals surface area contributed by atoms with Crippen molar-refractivity contribution >= 4 is 39.9 Å². The molecular weight excluding hydrogens is 353 g/mol. The first-order valence-electron chi connectivity index (χ1n) is 5.74. The minimum atomic E-state index is -0.182. The molecule has 2 rings (SSSR count). The Morgan fingerprint density at radius 2 is 2.00 bits per heavy atom. The van der Waals surface area contributed by atoms with Crippen molar-refractivity contribution in [1.82, 2.24) is 0 Å². The van der Waals surface area contributed by atoms with Crippen LogP contribution in [0.15, 0.2) is 42.5 Å². The van der Waals surface area contributed by atoms with Gasteiger partial charge >= 0.3 is 0 Å². The second kappa shape index (κ2) is 6.03. The summed E-state index contributed by atoms with van der Waals surface area (Å²) in [6, 6.07) is 13.1. The van der Waals surface area contributed by atoms with Crippen LogP contribution in [0.3, 0.4) is 0 Å². The van der Waals surface area contributed by atoms with Crippen molar-refractivity contribution in [1.29, 1.82) is 0 Å². The highest BCUT2D eigenvalue weighted by Gasteiger charge is 2.11. The summed E-state index contributed by atoms with van der Waals surface area (Å²) >= 11 is 2.20. The van der Waals surface area contributed by atoms with E-state index in [9.17, 15) is 4.79 Å². The first-order chi connectivity index (χ1) is 9.10. The van der Waals surface area contributed by atoms with E-state index in [1.807, 2.05) is 37.3 Å². The molecule has 0 saturated heterocycles. The highest BCUT2D eigenvalue weighted by molar-refractivity contribution is 14.1. The Hall–Kier alpha value is -1.60. The molecule has 4 N–H and O–H groups in total. The van der Waals surface area contributed by atoms with Crippen LogP contribution >= 0.6 is 22.6 Å². The lowest BCUT2D eigenvalue weighted by Gasteiger charge is -2.10. The fourth-order valence-corrected chi connectivity index (χ4v) is 2.28. The lowest BCUT2D eigenvalue weighted by atomic mass is 10.1. The van der Waals surface area contributed by atoms with Gasteiger partial charge in [0, 0.05) is 9.26 Å². The molecule has 98 valence electrons. The van der Waals surface area contributed by atoms with Gasteiger partial charge in [0.1, 0.15) is 0 Å². The monoisotopic (exact) mass is 367 g/mol. The third-order valence-electron chi connectivity index (χ3n) is 2.66. The first kappa shape index (κ1) is 13.8. The quantitative estimate of drug-likeness (QED) is 0.444. The SMILES string of the molecule is Cc1ccc(NN)c(C(=O)Nc2cccc(I)c2)c1. The lowest BCUT2D eigenvalue weighted by Crippen LogP contribution is -2.17. The lowest BCUT2D eigenvalue weighted by molar-refractivity contribution is 0.102. The zero-order valence-corrected chi connectivity index (χ0v) is 12.6. The molecule has 2 aromatic rings. The number of aryl methyl sites for hydroxylation is 1. The van der Waals surface area contributed by atoms with E-state index in [4.69, 9.17) is 5.84 Å². The number of carbonyl (C=O) groups excluding carboxylic acids is 1. The molecule has 0 heterocycles. The van der Waals surface area contributed by atoms with Crippen LogP contribution in [0.2, 0.25) is 0 Å². The van der Waals surface area contributed by atoms with Gasteiger partial charge in [-0.05, 0) is 59.8 Å². The molecule has 0 unspecified atom stereocenters. The zero-order valence-electron chi connectivity index (χ0n) is 10.4. The Labute approximate surface area is 125 Å². The van der Waals surface area contributed by atoms with Crippen LogP contribution in [0.4, 0.5) is 11.4 Å². The topological polar surface area (TPSA) is 67.1 Å². The Morgan fingerprint density at radius 1 is 1.21 bits per heavy atom. The summed E-state index contributed by atoms with van der Waals surface area (Å²) in [5.74, 6) is 5.24. The van der Waals surface area contributed by atoms with Crippen LogP contribution in [-0.2, 0) is 0 Å². The Morgan fingerprint density at radius 3 is 2.68 bits per heavy atom. The second-order valence-electron chi connectivity index (χ2n) is 4.16. The van der Waals surface area contributed by atoms with Crippen LogP contribution in [-0.4, -0.2) is 5.91 Å². The number of nitrogens with two attached hydrogens (primary N) is 1. The van der Waals surface area contributed by atoms with Gasteiger partial charge in [-0.15, -0.1) is 0 Å². The third kappa shape index (κ3) is 3.45. The summed E-state index contributed by atoms with van der Waals surface area (Å²) in [5, 5.41) is 2.86. The molecule has 4 nitrogen and oxygen atoms in total. The van der Waals surface area contributed by atoms with E-state index in [2.05, 4.69) is 33.3 Å². The number of benzene rings is 2. The Bertz CT molecular complexity index is 613. The molecule has 0 saturated carbocycles. The summed E-state index contributed by atoms with van der Waals surface area (Å²) in [4.78, 5) is 12.2. The maximum atomic E-state index is 12.2. The molecule has 0 aliphatic heterocycles. The van der Waals surface area contributed by atoms with Crippen molar-refractivity contribution < 1.29 is 4.79 Å². The van der Waals surface area contributed by atoms with Crippen molar-refractivity contribution in [2.45, 2.75) is 6.92 Å². The Kier molecular flexibility index (Phi) is 4.39. The number of rotatable bonds is 3. The minimum Gasteiger partial charge on any atom is -0.323 e. The number of nitrogens with one attached hydrogen (secondary N) is 2. The van der Waals surface area contributed by atoms with Gasteiger partial charge in [0.25, 0.3) is 5.91 Å². The first-order valence-corrected chi connectivity index (χ1v) is 6.82. The number of amides is 1. The highest BCUT2D eigenvalue weighted by atomic mass is 127. The molecule has 0 spiro atoms. The number of hydrazine groups is 1. The van der Waals surface area contributed by atoms with Gasteiger partial charge in [-0.1, -0.05) is 17.7 Å². The van der Waals surface area contributed by atoms with Crippen molar-refractivity contribution in [3.05, 3.63) is 57.2 Å². The van der Waals surface area contributed by atoms with Crippen LogP contribution in [0.1, 0.15) is 15.9 Å². The molecule has 0 aliphatic carbocycles. The number of anilines is 2. The van der Waals surface area contributed by atoms with Gasteiger partial charge in [-0.2, -0.15) is 0 Å². The molecule has 0 fully saturated rings. The van der Waals surface area contributed by atoms with Gasteiger partial charge in [0.05, 0.1) is 11.3 Å².